The van der Waals surface area contributed by atoms with E-state index in [1.165, 1.54) is 244 Å². The first-order chi connectivity index (χ1) is 40.5. The molecule has 1 atom stereocenters. The monoisotopic (exact) mass is 1150 g/mol. The van der Waals surface area contributed by atoms with Gasteiger partial charge in [-0.25, -0.2) is 0 Å². The quantitative estimate of drug-likeness (QED) is 0.0261. The van der Waals surface area contributed by atoms with E-state index in [2.05, 4.69) is 93.7 Å². The molecule has 0 radical (unpaired) electrons. The minimum absolute atomic E-state index is 0.0784. The van der Waals surface area contributed by atoms with Crippen LogP contribution in [0.5, 0.6) is 0 Å². The zero-order valence-corrected chi connectivity index (χ0v) is 54.8. The van der Waals surface area contributed by atoms with Crippen LogP contribution in [0.25, 0.3) is 0 Å². The van der Waals surface area contributed by atoms with Crippen molar-refractivity contribution in [1.82, 2.24) is 0 Å². The molecule has 0 heterocycles. The number of carbonyl (C=O) groups excluding carboxylic acids is 3. The molecule has 0 aromatic heterocycles. The van der Waals surface area contributed by atoms with Crippen molar-refractivity contribution in [1.29, 1.82) is 0 Å². The molecule has 6 nitrogen and oxygen atoms in total. The van der Waals surface area contributed by atoms with Gasteiger partial charge in [0.15, 0.2) is 6.10 Å². The molecule has 0 rings (SSSR count). The molecule has 0 aromatic carbocycles. The maximum atomic E-state index is 13.0. The average molecular weight is 1150 g/mol. The lowest BCUT2D eigenvalue weighted by Gasteiger charge is -2.18. The van der Waals surface area contributed by atoms with E-state index >= 15 is 0 Å². The number of carbonyl (C=O) groups is 3. The molecular weight excluding hydrogens is 1010 g/mol. The molecule has 0 aliphatic heterocycles. The van der Waals surface area contributed by atoms with Crippen LogP contribution in [0.15, 0.2) is 72.9 Å². The van der Waals surface area contributed by atoms with Crippen molar-refractivity contribution in [2.24, 2.45) is 0 Å². The Morgan fingerprint density at radius 1 is 0.244 bits per heavy atom. The van der Waals surface area contributed by atoms with Gasteiger partial charge in [0.2, 0.25) is 0 Å². The average Bonchev–Trinajstić information content (AvgIpc) is 3.47. The maximum Gasteiger partial charge on any atom is 0.306 e. The fourth-order valence-corrected chi connectivity index (χ4v) is 10.5. The largest absolute Gasteiger partial charge is 0.462 e. The van der Waals surface area contributed by atoms with Gasteiger partial charge in [-0.1, -0.05) is 312 Å². The molecule has 476 valence electrons. The Labute approximate surface area is 510 Å². The normalized spacial score (nSPS) is 12.5. The molecular formula is C76H136O6. The second kappa shape index (κ2) is 70.3. The summed E-state index contributed by atoms with van der Waals surface area (Å²) in [6, 6.07) is 0. The van der Waals surface area contributed by atoms with Crippen LogP contribution < -0.4 is 0 Å². The molecule has 0 aromatic rings. The fraction of sp³-hybridized carbons (Fsp3) is 0.803. The second-order valence-corrected chi connectivity index (χ2v) is 24.1. The number of hydrogen-bond donors (Lipinski definition) is 0. The third-order valence-corrected chi connectivity index (χ3v) is 15.9. The van der Waals surface area contributed by atoms with Crippen molar-refractivity contribution in [3.8, 4) is 0 Å². The van der Waals surface area contributed by atoms with Crippen molar-refractivity contribution in [2.45, 2.75) is 380 Å². The highest BCUT2D eigenvalue weighted by Crippen LogP contribution is 2.17. The summed E-state index contributed by atoms with van der Waals surface area (Å²) >= 11 is 0. The SMILES string of the molecule is CCCCCC/C=C\C/C=C\CCCCCCCC(=O)OCC(COC(=O)CCCCCCCCCCCCCCCC/C=C\C/C=C\C/C=C\CCCCCCC)OC(=O)CCCCCCCCCCC/C=C\CCCCCCCC. The van der Waals surface area contributed by atoms with Crippen LogP contribution in [0.1, 0.15) is 374 Å². The van der Waals surface area contributed by atoms with E-state index in [4.69, 9.17) is 14.2 Å². The topological polar surface area (TPSA) is 78.9 Å². The summed E-state index contributed by atoms with van der Waals surface area (Å²) in [7, 11) is 0. The molecule has 0 bridgehead atoms. The summed E-state index contributed by atoms with van der Waals surface area (Å²) in [6.45, 7) is 6.65. The van der Waals surface area contributed by atoms with E-state index in [9.17, 15) is 14.4 Å². The number of hydrogen-bond acceptors (Lipinski definition) is 6. The first kappa shape index (κ1) is 78.8. The summed E-state index contributed by atoms with van der Waals surface area (Å²) in [6.07, 6.45) is 92.1. The van der Waals surface area contributed by atoms with Gasteiger partial charge in [-0.05, 0) is 116 Å². The standard InChI is InChI=1S/C76H136O6/c1-4-7-10-13-16-19-22-25-28-31-33-34-35-36-37-38-39-40-41-42-44-45-48-51-54-57-60-63-66-69-75(78)81-72-73(71-80-74(77)68-65-62-59-56-53-50-47-30-27-24-21-18-15-12-9-6-3)82-76(79)70-67-64-61-58-55-52-49-46-43-32-29-26-23-20-17-14-11-8-5-2/h21-22,24-26,29-31,33,35-36,47,73H,4-20,23,27-28,32,34,37-46,48-72H2,1-3H3/b24-21-,25-22-,29-26-,33-31-,36-35-,47-30-. The van der Waals surface area contributed by atoms with Gasteiger partial charge in [0, 0.05) is 19.3 Å². The highest BCUT2D eigenvalue weighted by Gasteiger charge is 2.19. The van der Waals surface area contributed by atoms with Crippen LogP contribution in [0.2, 0.25) is 0 Å². The maximum absolute atomic E-state index is 13.0. The Morgan fingerprint density at radius 3 is 0.707 bits per heavy atom. The molecule has 0 spiro atoms. The smallest absolute Gasteiger partial charge is 0.306 e. The van der Waals surface area contributed by atoms with Crippen molar-refractivity contribution >= 4 is 17.9 Å². The zero-order chi connectivity index (χ0) is 59.2. The lowest BCUT2D eigenvalue weighted by Crippen LogP contribution is -2.30. The molecule has 82 heavy (non-hydrogen) atoms. The lowest BCUT2D eigenvalue weighted by molar-refractivity contribution is -0.167. The third kappa shape index (κ3) is 67.6. The van der Waals surface area contributed by atoms with Gasteiger partial charge in [0.05, 0.1) is 0 Å². The minimum Gasteiger partial charge on any atom is -0.462 e. The zero-order valence-electron chi connectivity index (χ0n) is 54.8. The summed E-state index contributed by atoms with van der Waals surface area (Å²) in [5.74, 6) is -0.874. The van der Waals surface area contributed by atoms with Gasteiger partial charge in [-0.15, -0.1) is 0 Å². The number of rotatable bonds is 66. The lowest BCUT2D eigenvalue weighted by atomic mass is 10.0. The summed E-state index contributed by atoms with van der Waals surface area (Å²) < 4.78 is 17.0. The van der Waals surface area contributed by atoms with Crippen molar-refractivity contribution in [3.05, 3.63) is 72.9 Å². The highest BCUT2D eigenvalue weighted by molar-refractivity contribution is 5.71. The van der Waals surface area contributed by atoms with E-state index in [1.54, 1.807) is 0 Å². The van der Waals surface area contributed by atoms with Crippen LogP contribution in [-0.4, -0.2) is 37.2 Å². The van der Waals surface area contributed by atoms with E-state index < -0.39 is 6.10 Å². The molecule has 1 unspecified atom stereocenters. The summed E-state index contributed by atoms with van der Waals surface area (Å²) in [4.78, 5) is 38.5. The Bertz CT molecular complexity index is 1500. The molecule has 0 aliphatic carbocycles. The summed E-state index contributed by atoms with van der Waals surface area (Å²) in [5.41, 5.74) is 0. The molecule has 6 heteroatoms. The number of unbranched alkanes of at least 4 members (excludes halogenated alkanes) is 43. The van der Waals surface area contributed by atoms with Crippen LogP contribution in [0, 0.1) is 0 Å². The van der Waals surface area contributed by atoms with E-state index in [1.807, 2.05) is 0 Å². The molecule has 0 aliphatic rings. The molecule has 0 N–H and O–H groups in total. The van der Waals surface area contributed by atoms with Gasteiger partial charge >= 0.3 is 17.9 Å². The molecule has 0 saturated carbocycles. The Kier molecular flexibility index (Phi) is 67.6. The number of allylic oxidation sites excluding steroid dienone is 12. The number of esters is 3. The van der Waals surface area contributed by atoms with Crippen molar-refractivity contribution in [3.63, 3.8) is 0 Å². The second-order valence-electron chi connectivity index (χ2n) is 24.1. The highest BCUT2D eigenvalue weighted by atomic mass is 16.6. The predicted molar refractivity (Wildman–Crippen MR) is 358 cm³/mol. The molecule has 0 fully saturated rings. The predicted octanol–water partition coefficient (Wildman–Crippen LogP) is 24.8. The number of ether oxygens (including phenoxy) is 3. The minimum atomic E-state index is -0.784. The third-order valence-electron chi connectivity index (χ3n) is 15.9. The van der Waals surface area contributed by atoms with Gasteiger partial charge in [0.25, 0.3) is 0 Å². The van der Waals surface area contributed by atoms with Crippen LogP contribution in [0.3, 0.4) is 0 Å². The van der Waals surface area contributed by atoms with Crippen LogP contribution in [0.4, 0.5) is 0 Å². The first-order valence-electron chi connectivity index (χ1n) is 35.9. The van der Waals surface area contributed by atoms with Crippen LogP contribution in [-0.2, 0) is 28.6 Å². The fourth-order valence-electron chi connectivity index (χ4n) is 10.5. The van der Waals surface area contributed by atoms with E-state index in [-0.39, 0.29) is 31.1 Å². The Balaban J connectivity index is 4.28. The molecule has 0 saturated heterocycles. The first-order valence-corrected chi connectivity index (χ1v) is 35.9. The van der Waals surface area contributed by atoms with Gasteiger partial charge in [-0.2, -0.15) is 0 Å². The van der Waals surface area contributed by atoms with E-state index in [0.29, 0.717) is 19.3 Å². The van der Waals surface area contributed by atoms with Gasteiger partial charge in [-0.3, -0.25) is 14.4 Å². The molecule has 0 amide bonds. The Morgan fingerprint density at radius 2 is 0.439 bits per heavy atom. The van der Waals surface area contributed by atoms with Gasteiger partial charge < -0.3 is 14.2 Å². The van der Waals surface area contributed by atoms with Crippen LogP contribution >= 0.6 is 0 Å². The Hall–Kier alpha value is -3.15. The van der Waals surface area contributed by atoms with Crippen molar-refractivity contribution in [2.75, 3.05) is 13.2 Å². The van der Waals surface area contributed by atoms with E-state index in [0.717, 1.165) is 89.9 Å². The van der Waals surface area contributed by atoms with Crippen molar-refractivity contribution < 1.29 is 28.6 Å². The van der Waals surface area contributed by atoms with Gasteiger partial charge in [0.1, 0.15) is 13.2 Å². The summed E-state index contributed by atoms with van der Waals surface area (Å²) in [5, 5.41) is 0.